The van der Waals surface area contributed by atoms with Crippen LogP contribution in [0.25, 0.3) is 0 Å². The van der Waals surface area contributed by atoms with Gasteiger partial charge in [0.2, 0.25) is 15.7 Å². The summed E-state index contributed by atoms with van der Waals surface area (Å²) >= 11 is 7.00. The van der Waals surface area contributed by atoms with Gasteiger partial charge in [-0.15, -0.1) is 11.8 Å². The number of rotatable bonds is 7. The number of aryl methyl sites for hydroxylation is 1. The molecule has 0 aliphatic carbocycles. The summed E-state index contributed by atoms with van der Waals surface area (Å²) in [6.45, 7) is 1.81. The van der Waals surface area contributed by atoms with Crippen LogP contribution in [0.2, 0.25) is 5.02 Å². The number of sulfone groups is 1. The van der Waals surface area contributed by atoms with E-state index in [1.165, 1.54) is 28.9 Å². The molecule has 7 nitrogen and oxygen atoms in total. The molecule has 0 unspecified atom stereocenters. The second-order valence-electron chi connectivity index (χ2n) is 6.44. The zero-order valence-corrected chi connectivity index (χ0v) is 18.8. The van der Waals surface area contributed by atoms with E-state index in [-0.39, 0.29) is 33.1 Å². The van der Waals surface area contributed by atoms with Crippen molar-refractivity contribution < 1.29 is 13.2 Å². The van der Waals surface area contributed by atoms with Crippen LogP contribution in [-0.4, -0.2) is 30.4 Å². The highest BCUT2D eigenvalue weighted by Gasteiger charge is 2.29. The average Bonchev–Trinajstić information content (AvgIpc) is 3.04. The number of halogens is 1. The maximum Gasteiger partial charge on any atom is 0.246 e. The molecule has 3 N–H and O–H groups in total. The smallest absolute Gasteiger partial charge is 0.246 e. The highest BCUT2D eigenvalue weighted by atomic mass is 35.5. The number of amides is 1. The Labute approximate surface area is 184 Å². The summed E-state index contributed by atoms with van der Waals surface area (Å²) in [5.41, 5.74) is 7.87. The first-order valence-electron chi connectivity index (χ1n) is 9.06. The van der Waals surface area contributed by atoms with Crippen LogP contribution in [0.15, 0.2) is 63.3 Å². The van der Waals surface area contributed by atoms with E-state index in [1.807, 2.05) is 25.1 Å². The van der Waals surface area contributed by atoms with Crippen LogP contribution in [-0.2, 0) is 27.6 Å². The lowest BCUT2D eigenvalue weighted by Gasteiger charge is -2.08. The van der Waals surface area contributed by atoms with Crippen molar-refractivity contribution in [1.82, 2.24) is 9.78 Å². The van der Waals surface area contributed by atoms with Gasteiger partial charge in [0.15, 0.2) is 0 Å². The first-order chi connectivity index (χ1) is 14.3. The molecule has 1 aromatic heterocycles. The van der Waals surface area contributed by atoms with E-state index in [9.17, 15) is 13.2 Å². The molecule has 0 saturated heterocycles. The molecule has 0 atom stereocenters. The van der Waals surface area contributed by atoms with E-state index >= 15 is 0 Å². The van der Waals surface area contributed by atoms with Gasteiger partial charge in [-0.2, -0.15) is 5.10 Å². The Morgan fingerprint density at radius 3 is 2.57 bits per heavy atom. The Bertz CT molecular complexity index is 1180. The molecule has 0 fully saturated rings. The summed E-state index contributed by atoms with van der Waals surface area (Å²) in [7, 11) is -3.93. The summed E-state index contributed by atoms with van der Waals surface area (Å²) < 4.78 is 27.4. The topological polar surface area (TPSA) is 107 Å². The third kappa shape index (κ3) is 4.63. The van der Waals surface area contributed by atoms with E-state index in [0.717, 1.165) is 23.7 Å². The highest BCUT2D eigenvalue weighted by molar-refractivity contribution is 7.99. The highest BCUT2D eigenvalue weighted by Crippen LogP contribution is 2.34. The van der Waals surface area contributed by atoms with Crippen LogP contribution >= 0.6 is 23.4 Å². The molecule has 2 aromatic carbocycles. The van der Waals surface area contributed by atoms with Crippen LogP contribution in [0.4, 0.5) is 11.5 Å². The van der Waals surface area contributed by atoms with Gasteiger partial charge in [0.1, 0.15) is 22.3 Å². The van der Waals surface area contributed by atoms with Crippen molar-refractivity contribution >= 4 is 50.6 Å². The minimum Gasteiger partial charge on any atom is -0.383 e. The molecule has 0 saturated carbocycles. The molecule has 0 spiro atoms. The fraction of sp³-hybridized carbons (Fsp3) is 0.200. The summed E-state index contributed by atoms with van der Waals surface area (Å²) in [5, 5.41) is 7.68. The minimum atomic E-state index is -3.93. The summed E-state index contributed by atoms with van der Waals surface area (Å²) in [4.78, 5) is 12.4. The van der Waals surface area contributed by atoms with Crippen LogP contribution in [0.1, 0.15) is 12.5 Å². The first kappa shape index (κ1) is 22.2. The lowest BCUT2D eigenvalue weighted by atomic mass is 10.1. The number of benzene rings is 2. The number of nitrogens with zero attached hydrogens (tertiary/aromatic N) is 2. The first-order valence-corrected chi connectivity index (χ1v) is 12.1. The van der Waals surface area contributed by atoms with Gasteiger partial charge in [0.25, 0.3) is 0 Å². The average molecular weight is 465 g/mol. The second-order valence-corrected chi connectivity index (χ2v) is 9.56. The van der Waals surface area contributed by atoms with Gasteiger partial charge in [-0.3, -0.25) is 4.79 Å². The maximum atomic E-state index is 13.1. The monoisotopic (exact) mass is 464 g/mol. The molecule has 30 heavy (non-hydrogen) atoms. The molecule has 3 aromatic rings. The standard InChI is InChI=1S/C20H21ClN4O3S2/c1-3-13-5-4-6-15(11-13)23-17(26)12-25-19(22)18(20(24-25)29-2)30(27,28)16-9-7-14(21)8-10-16/h4-11H,3,12,22H2,1-2H3,(H,23,26). The zero-order valence-electron chi connectivity index (χ0n) is 16.4. The SMILES string of the molecule is CCc1cccc(NC(=O)Cn2nc(SC)c(S(=O)(=O)c3ccc(Cl)cc3)c2N)c1. The summed E-state index contributed by atoms with van der Waals surface area (Å²) in [6, 6.07) is 13.3. The molecule has 1 amide bonds. The van der Waals surface area contributed by atoms with E-state index < -0.39 is 9.84 Å². The molecule has 158 valence electrons. The number of thioether (sulfide) groups is 1. The van der Waals surface area contributed by atoms with Crippen LogP contribution in [0.5, 0.6) is 0 Å². The van der Waals surface area contributed by atoms with Gasteiger partial charge >= 0.3 is 0 Å². The molecule has 1 heterocycles. The fourth-order valence-electron chi connectivity index (χ4n) is 2.88. The quantitative estimate of drug-likeness (QED) is 0.514. The van der Waals surface area contributed by atoms with E-state index in [1.54, 1.807) is 12.3 Å². The molecular formula is C20H21ClN4O3S2. The Balaban J connectivity index is 1.89. The van der Waals surface area contributed by atoms with Crippen molar-refractivity contribution in [2.24, 2.45) is 0 Å². The summed E-state index contributed by atoms with van der Waals surface area (Å²) in [5.74, 6) is -0.452. The summed E-state index contributed by atoms with van der Waals surface area (Å²) in [6.07, 6.45) is 2.54. The number of nitrogens with two attached hydrogens (primary N) is 1. The molecule has 0 radical (unpaired) electrons. The molecule has 0 aliphatic rings. The number of hydrogen-bond acceptors (Lipinski definition) is 6. The van der Waals surface area contributed by atoms with Crippen LogP contribution in [0.3, 0.4) is 0 Å². The molecule has 0 aliphatic heterocycles. The van der Waals surface area contributed by atoms with Gasteiger partial charge in [0, 0.05) is 10.7 Å². The lowest BCUT2D eigenvalue weighted by Crippen LogP contribution is -2.21. The molecular weight excluding hydrogens is 444 g/mol. The Kier molecular flexibility index (Phi) is 6.74. The predicted octanol–water partition coefficient (Wildman–Crippen LogP) is 3.87. The van der Waals surface area contributed by atoms with Crippen molar-refractivity contribution in [2.45, 2.75) is 34.7 Å². The van der Waals surface area contributed by atoms with E-state index in [0.29, 0.717) is 10.7 Å². The number of nitrogens with one attached hydrogen (secondary N) is 1. The number of carbonyl (C=O) groups excluding carboxylic acids is 1. The van der Waals surface area contributed by atoms with Crippen molar-refractivity contribution in [2.75, 3.05) is 17.3 Å². The van der Waals surface area contributed by atoms with Crippen molar-refractivity contribution in [3.05, 3.63) is 59.1 Å². The van der Waals surface area contributed by atoms with Crippen molar-refractivity contribution in [1.29, 1.82) is 0 Å². The van der Waals surface area contributed by atoms with Gasteiger partial charge in [-0.1, -0.05) is 30.7 Å². The van der Waals surface area contributed by atoms with Gasteiger partial charge < -0.3 is 11.1 Å². The molecule has 10 heteroatoms. The molecule has 3 rings (SSSR count). The number of hydrogen-bond donors (Lipinski definition) is 2. The maximum absolute atomic E-state index is 13.1. The number of anilines is 2. The number of aromatic nitrogens is 2. The Morgan fingerprint density at radius 1 is 1.23 bits per heavy atom. The normalized spacial score (nSPS) is 11.4. The fourth-order valence-corrected chi connectivity index (χ4v) is 5.44. The van der Waals surface area contributed by atoms with E-state index in [4.69, 9.17) is 17.3 Å². The van der Waals surface area contributed by atoms with Gasteiger partial charge in [-0.25, -0.2) is 13.1 Å². The Hall–Kier alpha value is -2.49. The van der Waals surface area contributed by atoms with Crippen LogP contribution in [0, 0.1) is 0 Å². The minimum absolute atomic E-state index is 0.0503. The second kappa shape index (κ2) is 9.11. The number of nitrogen functional groups attached to an aromatic ring is 1. The van der Waals surface area contributed by atoms with Crippen molar-refractivity contribution in [3.63, 3.8) is 0 Å². The van der Waals surface area contributed by atoms with Crippen molar-refractivity contribution in [3.8, 4) is 0 Å². The van der Waals surface area contributed by atoms with Gasteiger partial charge in [0.05, 0.1) is 4.90 Å². The predicted molar refractivity (Wildman–Crippen MR) is 120 cm³/mol. The van der Waals surface area contributed by atoms with E-state index in [2.05, 4.69) is 10.4 Å². The largest absolute Gasteiger partial charge is 0.383 e. The molecule has 0 bridgehead atoms. The van der Waals surface area contributed by atoms with Crippen LogP contribution < -0.4 is 11.1 Å². The van der Waals surface area contributed by atoms with Gasteiger partial charge in [-0.05, 0) is 54.6 Å². The Morgan fingerprint density at radius 2 is 1.93 bits per heavy atom. The zero-order chi connectivity index (χ0) is 21.9. The third-order valence-corrected chi connectivity index (χ3v) is 7.30. The number of carbonyl (C=O) groups is 1. The third-order valence-electron chi connectivity index (χ3n) is 4.41. The lowest BCUT2D eigenvalue weighted by molar-refractivity contribution is -0.116.